The normalized spacial score (nSPS) is 12.9. The van der Waals surface area contributed by atoms with Crippen molar-refractivity contribution in [2.24, 2.45) is 0 Å². The van der Waals surface area contributed by atoms with Gasteiger partial charge in [0, 0.05) is 7.11 Å². The molecule has 86 valence electrons. The lowest BCUT2D eigenvalue weighted by atomic mass is 10.3. The van der Waals surface area contributed by atoms with E-state index in [1.807, 2.05) is 24.3 Å². The maximum Gasteiger partial charge on any atom is 0.201 e. The number of methoxy groups -OCH3 is 1. The lowest BCUT2D eigenvalue weighted by molar-refractivity contribution is 0.153. The summed E-state index contributed by atoms with van der Waals surface area (Å²) in [5, 5.41) is 12.2. The molecule has 0 radical (unpaired) electrons. The first kappa shape index (κ1) is 10.9. The monoisotopic (exact) mass is 221 g/mol. The Hall–Kier alpha value is -1.59. The molecule has 0 aliphatic carbocycles. The Kier molecular flexibility index (Phi) is 3.38. The van der Waals surface area contributed by atoms with Crippen LogP contribution in [0, 0.1) is 0 Å². The molecule has 1 aromatic heterocycles. The third-order valence-electron chi connectivity index (χ3n) is 2.32. The van der Waals surface area contributed by atoms with Gasteiger partial charge in [0.15, 0.2) is 0 Å². The number of nitrogens with one attached hydrogen (secondary N) is 2. The van der Waals surface area contributed by atoms with Crippen LogP contribution in [0.15, 0.2) is 24.3 Å². The number of aliphatic hydroxyl groups is 1. The molecule has 3 N–H and O–H groups in total. The second-order valence-electron chi connectivity index (χ2n) is 3.58. The molecular formula is C11H15N3O2. The summed E-state index contributed by atoms with van der Waals surface area (Å²) < 4.78 is 4.98. The van der Waals surface area contributed by atoms with Gasteiger partial charge in [-0.1, -0.05) is 12.1 Å². The Balaban J connectivity index is 2.14. The van der Waals surface area contributed by atoms with E-state index >= 15 is 0 Å². The van der Waals surface area contributed by atoms with Crippen molar-refractivity contribution >= 4 is 17.0 Å². The first-order chi connectivity index (χ1) is 7.83. The van der Waals surface area contributed by atoms with E-state index in [9.17, 15) is 0 Å². The summed E-state index contributed by atoms with van der Waals surface area (Å²) >= 11 is 0. The largest absolute Gasteiger partial charge is 0.394 e. The zero-order valence-corrected chi connectivity index (χ0v) is 9.10. The number of aromatic amines is 1. The van der Waals surface area contributed by atoms with Crippen LogP contribution in [0.4, 0.5) is 5.95 Å². The van der Waals surface area contributed by atoms with E-state index in [0.29, 0.717) is 12.6 Å². The van der Waals surface area contributed by atoms with Gasteiger partial charge in [0.2, 0.25) is 5.95 Å². The van der Waals surface area contributed by atoms with Gasteiger partial charge in [0.1, 0.15) is 0 Å². The van der Waals surface area contributed by atoms with E-state index in [-0.39, 0.29) is 12.6 Å². The number of H-pyrrole nitrogens is 1. The second kappa shape index (κ2) is 4.96. The van der Waals surface area contributed by atoms with Crippen LogP contribution >= 0.6 is 0 Å². The van der Waals surface area contributed by atoms with Gasteiger partial charge in [-0.2, -0.15) is 0 Å². The molecule has 5 nitrogen and oxygen atoms in total. The molecule has 0 bridgehead atoms. The minimum atomic E-state index is -0.148. The fourth-order valence-electron chi connectivity index (χ4n) is 1.56. The van der Waals surface area contributed by atoms with Gasteiger partial charge < -0.3 is 20.1 Å². The quantitative estimate of drug-likeness (QED) is 0.704. The summed E-state index contributed by atoms with van der Waals surface area (Å²) in [4.78, 5) is 7.48. The minimum absolute atomic E-state index is 0.00485. The lowest BCUT2D eigenvalue weighted by Crippen LogP contribution is -2.29. The average molecular weight is 221 g/mol. The fourth-order valence-corrected chi connectivity index (χ4v) is 1.56. The number of hydrogen-bond acceptors (Lipinski definition) is 4. The molecule has 16 heavy (non-hydrogen) atoms. The van der Waals surface area contributed by atoms with Crippen LogP contribution in [0.5, 0.6) is 0 Å². The van der Waals surface area contributed by atoms with E-state index < -0.39 is 0 Å². The first-order valence-corrected chi connectivity index (χ1v) is 5.14. The summed E-state index contributed by atoms with van der Waals surface area (Å²) in [5.41, 5.74) is 1.87. The molecule has 5 heteroatoms. The van der Waals surface area contributed by atoms with Crippen LogP contribution in [0.1, 0.15) is 0 Å². The second-order valence-corrected chi connectivity index (χ2v) is 3.58. The Labute approximate surface area is 93.5 Å². The van der Waals surface area contributed by atoms with E-state index in [0.717, 1.165) is 11.0 Å². The van der Waals surface area contributed by atoms with Crippen LogP contribution < -0.4 is 5.32 Å². The molecule has 0 saturated carbocycles. The van der Waals surface area contributed by atoms with E-state index in [2.05, 4.69) is 15.3 Å². The highest BCUT2D eigenvalue weighted by molar-refractivity contribution is 5.77. The van der Waals surface area contributed by atoms with Crippen LogP contribution in [-0.2, 0) is 4.74 Å². The fraction of sp³-hybridized carbons (Fsp3) is 0.364. The Morgan fingerprint density at radius 1 is 1.50 bits per heavy atom. The van der Waals surface area contributed by atoms with E-state index in [1.54, 1.807) is 7.11 Å². The molecule has 2 aromatic rings. The van der Waals surface area contributed by atoms with Crippen molar-refractivity contribution in [1.82, 2.24) is 9.97 Å². The number of hydrogen-bond donors (Lipinski definition) is 3. The van der Waals surface area contributed by atoms with Gasteiger partial charge in [0.25, 0.3) is 0 Å². The van der Waals surface area contributed by atoms with Gasteiger partial charge in [-0.3, -0.25) is 0 Å². The molecule has 0 fully saturated rings. The Morgan fingerprint density at radius 2 is 2.31 bits per heavy atom. The molecule has 0 amide bonds. The predicted molar refractivity (Wildman–Crippen MR) is 62.5 cm³/mol. The smallest absolute Gasteiger partial charge is 0.201 e. The number of imidazole rings is 1. The number of ether oxygens (including phenoxy) is 1. The van der Waals surface area contributed by atoms with Gasteiger partial charge in [-0.15, -0.1) is 0 Å². The number of benzene rings is 1. The highest BCUT2D eigenvalue weighted by Gasteiger charge is 2.09. The zero-order chi connectivity index (χ0) is 11.4. The third kappa shape index (κ3) is 2.32. The number of anilines is 1. The van der Waals surface area contributed by atoms with Crippen molar-refractivity contribution in [3.05, 3.63) is 24.3 Å². The highest BCUT2D eigenvalue weighted by atomic mass is 16.5. The zero-order valence-electron chi connectivity index (χ0n) is 9.10. The van der Waals surface area contributed by atoms with E-state index in [4.69, 9.17) is 9.84 Å². The molecular weight excluding hydrogens is 206 g/mol. The number of fused-ring (bicyclic) bond motifs is 1. The lowest BCUT2D eigenvalue weighted by Gasteiger charge is -2.13. The van der Waals surface area contributed by atoms with E-state index in [1.165, 1.54) is 0 Å². The van der Waals surface area contributed by atoms with Gasteiger partial charge in [0.05, 0.1) is 30.3 Å². The van der Waals surface area contributed by atoms with Crippen LogP contribution in [0.2, 0.25) is 0 Å². The summed E-state index contributed by atoms with van der Waals surface area (Å²) in [6.45, 7) is 0.443. The molecule has 0 spiro atoms. The maximum absolute atomic E-state index is 9.11. The molecule has 1 atom stereocenters. The number of nitrogens with zero attached hydrogens (tertiary/aromatic N) is 1. The summed E-state index contributed by atoms with van der Waals surface area (Å²) in [6, 6.07) is 7.62. The first-order valence-electron chi connectivity index (χ1n) is 5.14. The molecule has 1 heterocycles. The predicted octanol–water partition coefficient (Wildman–Crippen LogP) is 0.982. The summed E-state index contributed by atoms with van der Waals surface area (Å²) in [6.07, 6.45) is 0. The number of para-hydroxylation sites is 2. The Morgan fingerprint density at radius 3 is 3.00 bits per heavy atom. The number of aromatic nitrogens is 2. The summed E-state index contributed by atoms with van der Waals surface area (Å²) in [7, 11) is 1.60. The van der Waals surface area contributed by atoms with Crippen molar-refractivity contribution in [3.8, 4) is 0 Å². The minimum Gasteiger partial charge on any atom is -0.394 e. The van der Waals surface area contributed by atoms with Crippen molar-refractivity contribution in [2.45, 2.75) is 6.04 Å². The van der Waals surface area contributed by atoms with Crippen LogP contribution in [0.3, 0.4) is 0 Å². The van der Waals surface area contributed by atoms with Crippen molar-refractivity contribution in [1.29, 1.82) is 0 Å². The summed E-state index contributed by atoms with van der Waals surface area (Å²) in [5.74, 6) is 0.650. The molecule has 2 rings (SSSR count). The maximum atomic E-state index is 9.11. The Bertz CT molecular complexity index is 422. The van der Waals surface area contributed by atoms with Gasteiger partial charge in [-0.25, -0.2) is 4.98 Å². The molecule has 0 aliphatic heterocycles. The standard InChI is InChI=1S/C11H15N3O2/c1-16-7-8(6-15)12-11-13-9-4-2-3-5-10(9)14-11/h2-5,8,15H,6-7H2,1H3,(H2,12,13,14). The number of aliphatic hydroxyl groups excluding tert-OH is 1. The number of rotatable bonds is 5. The van der Waals surface area contributed by atoms with Crippen molar-refractivity contribution in [2.75, 3.05) is 25.6 Å². The van der Waals surface area contributed by atoms with Crippen LogP contribution in [0.25, 0.3) is 11.0 Å². The third-order valence-corrected chi connectivity index (χ3v) is 2.32. The van der Waals surface area contributed by atoms with Crippen molar-refractivity contribution < 1.29 is 9.84 Å². The SMILES string of the molecule is COCC(CO)Nc1nc2ccccc2[nH]1. The average Bonchev–Trinajstić information content (AvgIpc) is 2.70. The van der Waals surface area contributed by atoms with Gasteiger partial charge >= 0.3 is 0 Å². The molecule has 0 saturated heterocycles. The van der Waals surface area contributed by atoms with Crippen molar-refractivity contribution in [3.63, 3.8) is 0 Å². The molecule has 1 aromatic carbocycles. The highest BCUT2D eigenvalue weighted by Crippen LogP contribution is 2.13. The van der Waals surface area contributed by atoms with Gasteiger partial charge in [-0.05, 0) is 12.1 Å². The van der Waals surface area contributed by atoms with Crippen LogP contribution in [-0.4, -0.2) is 41.4 Å². The molecule has 1 unspecified atom stereocenters. The topological polar surface area (TPSA) is 70.2 Å². The molecule has 0 aliphatic rings.